The smallest absolute Gasteiger partial charge is 0.346 e. The molecule has 20 heavy (non-hydrogen) atoms. The first-order valence-electron chi connectivity index (χ1n) is 6.24. The molecule has 0 aromatic carbocycles. The molecule has 0 aliphatic carbocycles. The summed E-state index contributed by atoms with van der Waals surface area (Å²) < 4.78 is 0. The largest absolute Gasteiger partial charge is 0.354 e. The van der Waals surface area contributed by atoms with Gasteiger partial charge in [0.25, 0.3) is 5.91 Å². The Morgan fingerprint density at radius 2 is 2.15 bits per heavy atom. The number of hydrogen-bond acceptors (Lipinski definition) is 5. The highest BCUT2D eigenvalue weighted by Crippen LogP contribution is 2.20. The molecule has 1 aliphatic heterocycles. The Morgan fingerprint density at radius 3 is 2.85 bits per heavy atom. The van der Waals surface area contributed by atoms with Gasteiger partial charge in [-0.25, -0.2) is 4.79 Å². The minimum Gasteiger partial charge on any atom is -0.354 e. The Kier molecular flexibility index (Phi) is 4.43. The first-order valence-corrected chi connectivity index (χ1v) is 7.46. The van der Waals surface area contributed by atoms with Crippen molar-refractivity contribution < 1.29 is 9.59 Å². The Hall–Kier alpha value is -1.83. The molecule has 0 saturated carbocycles. The van der Waals surface area contributed by atoms with Crippen LogP contribution in [0.3, 0.4) is 0 Å². The molecule has 0 unspecified atom stereocenters. The molecule has 108 valence electrons. The second kappa shape index (κ2) is 6.08. The van der Waals surface area contributed by atoms with Gasteiger partial charge >= 0.3 is 5.69 Å². The number of amides is 2. The van der Waals surface area contributed by atoms with Gasteiger partial charge in [-0.2, -0.15) is 4.98 Å². The third kappa shape index (κ3) is 3.01. The number of nitrogens with zero attached hydrogens (tertiary/aromatic N) is 2. The summed E-state index contributed by atoms with van der Waals surface area (Å²) in [5.41, 5.74) is 0.368. The van der Waals surface area contributed by atoms with Crippen LogP contribution in [0, 0.1) is 6.92 Å². The van der Waals surface area contributed by atoms with Crippen molar-refractivity contribution in [3.05, 3.63) is 21.7 Å². The lowest BCUT2D eigenvalue weighted by atomic mass is 10.2. The minimum atomic E-state index is -0.475. The van der Waals surface area contributed by atoms with Crippen molar-refractivity contribution in [3.8, 4) is 0 Å². The van der Waals surface area contributed by atoms with Gasteiger partial charge in [-0.3, -0.25) is 9.59 Å². The number of aromatic amines is 1. The van der Waals surface area contributed by atoms with Crippen LogP contribution in [0.5, 0.6) is 0 Å². The van der Waals surface area contributed by atoms with Crippen molar-refractivity contribution in [2.24, 2.45) is 0 Å². The van der Waals surface area contributed by atoms with Crippen LogP contribution in [0.1, 0.15) is 22.5 Å². The van der Waals surface area contributed by atoms with Crippen LogP contribution in [0.15, 0.2) is 9.82 Å². The molecule has 1 aliphatic rings. The van der Waals surface area contributed by atoms with E-state index >= 15 is 0 Å². The summed E-state index contributed by atoms with van der Waals surface area (Å²) in [6, 6.07) is 0. The zero-order valence-corrected chi connectivity index (χ0v) is 12.2. The third-order valence-corrected chi connectivity index (χ3v) is 3.72. The lowest BCUT2D eigenvalue weighted by Gasteiger charge is -2.20. The molecule has 2 rings (SSSR count). The van der Waals surface area contributed by atoms with Gasteiger partial charge in [-0.1, -0.05) is 0 Å². The molecule has 2 amide bonds. The Bertz CT molecular complexity index is 599. The summed E-state index contributed by atoms with van der Waals surface area (Å²) in [4.78, 5) is 43.3. The average Bonchev–Trinajstić information content (AvgIpc) is 2.61. The summed E-state index contributed by atoms with van der Waals surface area (Å²) in [7, 11) is 0. The molecule has 0 bridgehead atoms. The number of hydrogen-bond donors (Lipinski definition) is 2. The minimum absolute atomic E-state index is 0.0330. The first-order chi connectivity index (χ1) is 9.52. The van der Waals surface area contributed by atoms with E-state index in [0.29, 0.717) is 35.8 Å². The van der Waals surface area contributed by atoms with E-state index in [1.54, 1.807) is 13.2 Å². The van der Waals surface area contributed by atoms with E-state index in [9.17, 15) is 14.4 Å². The normalized spacial score (nSPS) is 15.7. The number of aromatic nitrogens is 2. The number of H-pyrrole nitrogens is 1. The Balaban J connectivity index is 2.37. The van der Waals surface area contributed by atoms with Gasteiger partial charge in [-0.05, 0) is 19.6 Å². The van der Waals surface area contributed by atoms with Crippen molar-refractivity contribution in [1.29, 1.82) is 0 Å². The van der Waals surface area contributed by atoms with Crippen LogP contribution in [0.4, 0.5) is 0 Å². The molecule has 7 nitrogen and oxygen atoms in total. The Morgan fingerprint density at radius 1 is 1.40 bits per heavy atom. The lowest BCUT2D eigenvalue weighted by Crippen LogP contribution is -2.38. The monoisotopic (exact) mass is 296 g/mol. The number of rotatable bonds is 2. The standard InChI is InChI=1S/C12H16N4O3S/c1-7-9(10(20-2)15-12(19)14-7)11(18)16-5-3-4-13-8(17)6-16/h3-6H2,1-2H3,(H,13,17)(H,14,15,19). The van der Waals surface area contributed by atoms with Crippen LogP contribution in [-0.2, 0) is 4.79 Å². The van der Waals surface area contributed by atoms with E-state index in [1.807, 2.05) is 0 Å². The number of nitrogens with one attached hydrogen (secondary N) is 2. The van der Waals surface area contributed by atoms with Gasteiger partial charge in [-0.15, -0.1) is 11.8 Å². The molecule has 1 aromatic rings. The zero-order chi connectivity index (χ0) is 14.7. The zero-order valence-electron chi connectivity index (χ0n) is 11.4. The quantitative estimate of drug-likeness (QED) is 0.580. The highest BCUT2D eigenvalue weighted by Gasteiger charge is 2.25. The fourth-order valence-corrected chi connectivity index (χ4v) is 2.72. The molecule has 2 N–H and O–H groups in total. The van der Waals surface area contributed by atoms with Crippen molar-refractivity contribution in [2.75, 3.05) is 25.9 Å². The average molecular weight is 296 g/mol. The number of aryl methyl sites for hydroxylation is 1. The molecular weight excluding hydrogens is 280 g/mol. The second-order valence-electron chi connectivity index (χ2n) is 4.48. The molecule has 1 fully saturated rings. The highest BCUT2D eigenvalue weighted by molar-refractivity contribution is 7.98. The van der Waals surface area contributed by atoms with Crippen LogP contribution in [0.25, 0.3) is 0 Å². The topological polar surface area (TPSA) is 95.2 Å². The fraction of sp³-hybridized carbons (Fsp3) is 0.500. The van der Waals surface area contributed by atoms with Crippen molar-refractivity contribution in [3.63, 3.8) is 0 Å². The van der Waals surface area contributed by atoms with Gasteiger partial charge in [0, 0.05) is 18.8 Å². The van der Waals surface area contributed by atoms with Gasteiger partial charge in [0.1, 0.15) is 5.03 Å². The summed E-state index contributed by atoms with van der Waals surface area (Å²) in [6.45, 7) is 2.77. The molecular formula is C12H16N4O3S. The van der Waals surface area contributed by atoms with E-state index in [-0.39, 0.29) is 18.4 Å². The van der Waals surface area contributed by atoms with E-state index in [1.165, 1.54) is 16.7 Å². The number of carbonyl (C=O) groups excluding carboxylic acids is 2. The third-order valence-electron chi connectivity index (χ3n) is 3.04. The van der Waals surface area contributed by atoms with Crippen LogP contribution >= 0.6 is 11.8 Å². The van der Waals surface area contributed by atoms with E-state index < -0.39 is 5.69 Å². The van der Waals surface area contributed by atoms with Crippen molar-refractivity contribution in [2.45, 2.75) is 18.4 Å². The molecule has 8 heteroatoms. The Labute approximate surface area is 120 Å². The van der Waals surface area contributed by atoms with Crippen molar-refractivity contribution in [1.82, 2.24) is 20.2 Å². The van der Waals surface area contributed by atoms with Gasteiger partial charge < -0.3 is 15.2 Å². The van der Waals surface area contributed by atoms with Crippen LogP contribution in [0.2, 0.25) is 0 Å². The van der Waals surface area contributed by atoms with Crippen molar-refractivity contribution >= 4 is 23.6 Å². The summed E-state index contributed by atoms with van der Waals surface area (Å²) in [5.74, 6) is -0.441. The summed E-state index contributed by atoms with van der Waals surface area (Å²) in [6.07, 6.45) is 2.47. The van der Waals surface area contributed by atoms with E-state index in [4.69, 9.17) is 0 Å². The predicted octanol–water partition coefficient (Wildman–Crippen LogP) is -0.238. The maximum absolute atomic E-state index is 12.6. The van der Waals surface area contributed by atoms with Crippen LogP contribution in [-0.4, -0.2) is 52.6 Å². The molecule has 0 radical (unpaired) electrons. The molecule has 2 heterocycles. The molecule has 0 spiro atoms. The highest BCUT2D eigenvalue weighted by atomic mass is 32.2. The predicted molar refractivity (Wildman–Crippen MR) is 74.9 cm³/mol. The maximum Gasteiger partial charge on any atom is 0.346 e. The fourth-order valence-electron chi connectivity index (χ4n) is 2.10. The van der Waals surface area contributed by atoms with E-state index in [2.05, 4.69) is 15.3 Å². The SMILES string of the molecule is CSc1nc(=O)[nH]c(C)c1C(=O)N1CCCNC(=O)C1. The molecule has 1 saturated heterocycles. The second-order valence-corrected chi connectivity index (χ2v) is 5.28. The molecule has 0 atom stereocenters. The number of thioether (sulfide) groups is 1. The lowest BCUT2D eigenvalue weighted by molar-refractivity contribution is -0.121. The maximum atomic E-state index is 12.6. The summed E-state index contributed by atoms with van der Waals surface area (Å²) in [5, 5.41) is 3.11. The molecule has 1 aromatic heterocycles. The van der Waals surface area contributed by atoms with Gasteiger partial charge in [0.2, 0.25) is 5.91 Å². The van der Waals surface area contributed by atoms with Gasteiger partial charge in [0.15, 0.2) is 0 Å². The van der Waals surface area contributed by atoms with E-state index in [0.717, 1.165) is 0 Å². The van der Waals surface area contributed by atoms with Gasteiger partial charge in [0.05, 0.1) is 12.1 Å². The number of carbonyl (C=O) groups is 2. The summed E-state index contributed by atoms with van der Waals surface area (Å²) >= 11 is 1.24. The van der Waals surface area contributed by atoms with Crippen LogP contribution < -0.4 is 11.0 Å². The first kappa shape index (κ1) is 14.6.